The van der Waals surface area contributed by atoms with Crippen LogP contribution in [0.5, 0.6) is 11.5 Å². The van der Waals surface area contributed by atoms with Crippen LogP contribution < -0.4 is 14.2 Å². The molecule has 1 aromatic carbocycles. The lowest BCUT2D eigenvalue weighted by molar-refractivity contribution is 0.174. The van der Waals surface area contributed by atoms with Gasteiger partial charge in [0.05, 0.1) is 0 Å². The van der Waals surface area contributed by atoms with E-state index in [0.29, 0.717) is 19.6 Å². The molecule has 2 aliphatic heterocycles. The first kappa shape index (κ1) is 16.5. The van der Waals surface area contributed by atoms with Crippen molar-refractivity contribution in [2.45, 2.75) is 38.5 Å². The Hall–Kier alpha value is -1.31. The Balaban J connectivity index is 1.68. The van der Waals surface area contributed by atoms with Crippen molar-refractivity contribution in [1.82, 2.24) is 9.03 Å². The minimum Gasteiger partial charge on any atom is -0.454 e. The van der Waals surface area contributed by atoms with Crippen molar-refractivity contribution < 1.29 is 17.9 Å². The van der Waals surface area contributed by atoms with Gasteiger partial charge in [0.25, 0.3) is 10.2 Å². The van der Waals surface area contributed by atoms with Crippen LogP contribution in [-0.2, 0) is 15.6 Å². The van der Waals surface area contributed by atoms with Crippen molar-refractivity contribution in [3.05, 3.63) is 23.8 Å². The molecule has 0 aliphatic carbocycles. The quantitative estimate of drug-likeness (QED) is 0.890. The van der Waals surface area contributed by atoms with Crippen LogP contribution in [0.2, 0.25) is 0 Å². The Bertz CT molecular complexity index is 667. The number of hydrogen-bond donors (Lipinski definition) is 1. The van der Waals surface area contributed by atoms with E-state index < -0.39 is 10.2 Å². The average Bonchev–Trinajstić information content (AvgIpc) is 3.02. The van der Waals surface area contributed by atoms with Crippen molar-refractivity contribution >= 4 is 10.2 Å². The summed E-state index contributed by atoms with van der Waals surface area (Å²) < 4.78 is 39.9. The third-order valence-electron chi connectivity index (χ3n) is 4.51. The number of fused-ring (bicyclic) bond motifs is 1. The van der Waals surface area contributed by atoms with Crippen LogP contribution in [0.1, 0.15) is 38.7 Å². The van der Waals surface area contributed by atoms with Gasteiger partial charge in [-0.2, -0.15) is 12.7 Å². The molecule has 0 amide bonds. The molecule has 0 radical (unpaired) electrons. The Morgan fingerprint density at radius 3 is 2.57 bits per heavy atom. The Labute approximate surface area is 138 Å². The number of rotatable bonds is 5. The van der Waals surface area contributed by atoms with E-state index in [1.807, 2.05) is 32.0 Å². The van der Waals surface area contributed by atoms with Gasteiger partial charge in [-0.1, -0.05) is 26.3 Å². The van der Waals surface area contributed by atoms with Gasteiger partial charge in [-0.05, 0) is 30.5 Å². The molecule has 2 aliphatic rings. The van der Waals surface area contributed by atoms with Crippen molar-refractivity contribution in [1.29, 1.82) is 0 Å². The molecule has 3 rings (SSSR count). The van der Waals surface area contributed by atoms with Crippen LogP contribution in [-0.4, -0.2) is 39.2 Å². The number of hydrogen-bond acceptors (Lipinski definition) is 4. The first-order valence-corrected chi connectivity index (χ1v) is 9.47. The topological polar surface area (TPSA) is 67.9 Å². The highest BCUT2D eigenvalue weighted by Gasteiger charge is 2.29. The molecule has 0 saturated carbocycles. The molecule has 1 aromatic rings. The summed E-state index contributed by atoms with van der Waals surface area (Å²) in [6.45, 7) is 5.83. The lowest BCUT2D eigenvalue weighted by Crippen LogP contribution is -2.46. The second-order valence-corrected chi connectivity index (χ2v) is 8.49. The lowest BCUT2D eigenvalue weighted by Gasteiger charge is -2.30. The molecule has 1 fully saturated rings. The van der Waals surface area contributed by atoms with E-state index >= 15 is 0 Å². The van der Waals surface area contributed by atoms with E-state index in [9.17, 15) is 8.42 Å². The van der Waals surface area contributed by atoms with Gasteiger partial charge in [0, 0.05) is 25.0 Å². The summed E-state index contributed by atoms with van der Waals surface area (Å²) in [6.07, 6.45) is 2.98. The van der Waals surface area contributed by atoms with E-state index in [1.54, 1.807) is 4.31 Å². The highest BCUT2D eigenvalue weighted by atomic mass is 32.2. The average molecular weight is 340 g/mol. The predicted molar refractivity (Wildman–Crippen MR) is 87.9 cm³/mol. The smallest absolute Gasteiger partial charge is 0.279 e. The molecular formula is C16H24N2O4S. The zero-order valence-corrected chi connectivity index (χ0v) is 14.5. The normalized spacial score (nSPS) is 19.0. The van der Waals surface area contributed by atoms with Gasteiger partial charge in [0.15, 0.2) is 11.5 Å². The fourth-order valence-electron chi connectivity index (χ4n) is 2.89. The van der Waals surface area contributed by atoms with Gasteiger partial charge in [-0.15, -0.1) is 0 Å². The summed E-state index contributed by atoms with van der Waals surface area (Å²) in [5, 5.41) is 0. The Morgan fingerprint density at radius 1 is 1.13 bits per heavy atom. The number of nitrogens with one attached hydrogen (secondary N) is 1. The first-order valence-electron chi connectivity index (χ1n) is 8.03. The molecule has 1 N–H and O–H groups in total. The first-order chi connectivity index (χ1) is 10.9. The van der Waals surface area contributed by atoms with Crippen LogP contribution in [0.25, 0.3) is 0 Å². The summed E-state index contributed by atoms with van der Waals surface area (Å²) in [6, 6.07) is 5.76. The molecule has 1 saturated heterocycles. The second kappa shape index (κ2) is 6.30. The third kappa shape index (κ3) is 3.62. The minimum atomic E-state index is -3.41. The molecule has 0 spiro atoms. The zero-order chi connectivity index (χ0) is 16.5. The van der Waals surface area contributed by atoms with Gasteiger partial charge < -0.3 is 9.47 Å². The van der Waals surface area contributed by atoms with Gasteiger partial charge in [-0.3, -0.25) is 0 Å². The van der Waals surface area contributed by atoms with Crippen LogP contribution in [0.4, 0.5) is 0 Å². The number of piperidine rings is 1. The van der Waals surface area contributed by atoms with Crippen molar-refractivity contribution in [3.8, 4) is 11.5 Å². The van der Waals surface area contributed by atoms with Crippen molar-refractivity contribution in [2.24, 2.45) is 0 Å². The molecule has 0 bridgehead atoms. The minimum absolute atomic E-state index is 0.237. The molecular weight excluding hydrogens is 316 g/mol. The fraction of sp³-hybridized carbons (Fsp3) is 0.625. The maximum atomic E-state index is 12.4. The Kier molecular flexibility index (Phi) is 4.53. The van der Waals surface area contributed by atoms with Gasteiger partial charge in [0.1, 0.15) is 0 Å². The fourth-order valence-corrected chi connectivity index (χ4v) is 4.35. The molecule has 6 nitrogen and oxygen atoms in total. The summed E-state index contributed by atoms with van der Waals surface area (Å²) in [4.78, 5) is 0. The molecule has 0 unspecified atom stereocenters. The molecule has 0 atom stereocenters. The molecule has 128 valence electrons. The lowest BCUT2D eigenvalue weighted by atomic mass is 9.85. The highest BCUT2D eigenvalue weighted by molar-refractivity contribution is 7.87. The monoisotopic (exact) mass is 340 g/mol. The third-order valence-corrected chi connectivity index (χ3v) is 6.06. The summed E-state index contributed by atoms with van der Waals surface area (Å²) in [7, 11) is -3.41. The maximum Gasteiger partial charge on any atom is 0.279 e. The second-order valence-electron chi connectivity index (χ2n) is 6.74. The van der Waals surface area contributed by atoms with Crippen LogP contribution >= 0.6 is 0 Å². The van der Waals surface area contributed by atoms with Gasteiger partial charge in [-0.25, -0.2) is 4.72 Å². The molecule has 2 heterocycles. The maximum absolute atomic E-state index is 12.4. The van der Waals surface area contributed by atoms with Crippen molar-refractivity contribution in [3.63, 3.8) is 0 Å². The van der Waals surface area contributed by atoms with E-state index in [1.165, 1.54) is 0 Å². The number of benzene rings is 1. The summed E-state index contributed by atoms with van der Waals surface area (Å²) in [5.74, 6) is 1.45. The molecule has 23 heavy (non-hydrogen) atoms. The predicted octanol–water partition coefficient (Wildman–Crippen LogP) is 2.01. The van der Waals surface area contributed by atoms with E-state index in [4.69, 9.17) is 9.47 Å². The van der Waals surface area contributed by atoms with Crippen LogP contribution in [0.15, 0.2) is 18.2 Å². The molecule has 7 heteroatoms. The zero-order valence-electron chi connectivity index (χ0n) is 13.7. The molecule has 0 aromatic heterocycles. The van der Waals surface area contributed by atoms with E-state index in [2.05, 4.69) is 4.72 Å². The summed E-state index contributed by atoms with van der Waals surface area (Å²) >= 11 is 0. The largest absolute Gasteiger partial charge is 0.454 e. The standard InChI is InChI=1S/C16H24N2O4S/c1-16(2,13-6-7-14-15(10-13)22-12-21-14)11-17-23(19,20)18-8-4-3-5-9-18/h6-7,10,17H,3-5,8-9,11-12H2,1-2H3. The van der Waals surface area contributed by atoms with Crippen LogP contribution in [0.3, 0.4) is 0 Å². The number of nitrogens with zero attached hydrogens (tertiary/aromatic N) is 1. The van der Waals surface area contributed by atoms with E-state index in [-0.39, 0.29) is 12.2 Å². The highest BCUT2D eigenvalue weighted by Crippen LogP contribution is 2.36. The number of ether oxygens (including phenoxy) is 2. The van der Waals surface area contributed by atoms with E-state index in [0.717, 1.165) is 36.3 Å². The SMILES string of the molecule is CC(C)(CNS(=O)(=O)N1CCCCC1)c1ccc2c(c1)OCO2. The summed E-state index contributed by atoms with van der Waals surface area (Å²) in [5.41, 5.74) is 0.673. The van der Waals surface area contributed by atoms with Crippen LogP contribution in [0, 0.1) is 0 Å². The van der Waals surface area contributed by atoms with Gasteiger partial charge >= 0.3 is 0 Å². The van der Waals surface area contributed by atoms with Crippen molar-refractivity contribution in [2.75, 3.05) is 26.4 Å². The Morgan fingerprint density at radius 2 is 1.83 bits per heavy atom. The van der Waals surface area contributed by atoms with Gasteiger partial charge in [0.2, 0.25) is 6.79 Å².